The number of rotatable bonds is 2. The molecule has 44 heavy (non-hydrogen) atoms. The summed E-state index contributed by atoms with van der Waals surface area (Å²) in [5, 5.41) is 3.52. The summed E-state index contributed by atoms with van der Waals surface area (Å²) in [6, 6.07) is 27.8. The Labute approximate surface area is 277 Å². The number of aryl methyl sites for hydroxylation is 5. The molecule has 5 heteroatoms. The summed E-state index contributed by atoms with van der Waals surface area (Å²) in [5.74, 6) is 0. The van der Waals surface area contributed by atoms with Gasteiger partial charge in [-0.2, -0.15) is 0 Å². The molecule has 0 unspecified atom stereocenters. The average molecular weight is 773 g/mol. The third-order valence-electron chi connectivity index (χ3n) is 7.98. The van der Waals surface area contributed by atoms with Gasteiger partial charge in [-0.1, -0.05) is 56.3 Å². The number of hydrogen-bond donors (Lipinski definition) is 0. The van der Waals surface area contributed by atoms with Crippen molar-refractivity contribution in [2.45, 2.75) is 60.8 Å². The molecule has 0 amide bonds. The van der Waals surface area contributed by atoms with E-state index in [1.54, 1.807) is 0 Å². The van der Waals surface area contributed by atoms with Crippen LogP contribution >= 0.6 is 11.3 Å². The summed E-state index contributed by atoms with van der Waals surface area (Å²) in [6.45, 7) is 17.2. The molecule has 3 aromatic carbocycles. The number of fused-ring (bicyclic) bond motifs is 4. The molecule has 7 rings (SSSR count). The quantitative estimate of drug-likeness (QED) is 0.164. The maximum atomic E-state index is 6.34. The van der Waals surface area contributed by atoms with Crippen molar-refractivity contribution in [1.82, 2.24) is 9.97 Å². The first-order chi connectivity index (χ1) is 20.5. The Bertz CT molecular complexity index is 2110. The Balaban J connectivity index is 0.000000204. The Morgan fingerprint density at radius 1 is 0.750 bits per heavy atom. The molecule has 0 aliphatic carbocycles. The minimum Gasteiger partial charge on any atom is -0.501 e. The molecule has 1 radical (unpaired) electrons. The molecule has 0 atom stereocenters. The van der Waals surface area contributed by atoms with Crippen LogP contribution in [-0.2, 0) is 25.5 Å². The molecule has 0 aliphatic rings. The van der Waals surface area contributed by atoms with Crippen LogP contribution in [0.2, 0.25) is 0 Å². The molecule has 3 nitrogen and oxygen atoms in total. The number of hydrogen-bond acceptors (Lipinski definition) is 4. The third-order valence-corrected chi connectivity index (χ3v) is 8.99. The summed E-state index contributed by atoms with van der Waals surface area (Å²) in [6.07, 6.45) is 3.88. The van der Waals surface area contributed by atoms with Crippen LogP contribution in [0.1, 0.15) is 53.5 Å². The van der Waals surface area contributed by atoms with Crippen molar-refractivity contribution < 1.29 is 24.5 Å². The second-order valence-electron chi connectivity index (χ2n) is 12.5. The minimum atomic E-state index is 0. The van der Waals surface area contributed by atoms with Gasteiger partial charge in [0, 0.05) is 47.5 Å². The number of furan rings is 1. The molecule has 7 aromatic rings. The molecule has 0 saturated heterocycles. The Morgan fingerprint density at radius 3 is 2.20 bits per heavy atom. The van der Waals surface area contributed by atoms with Gasteiger partial charge < -0.3 is 14.4 Å². The molecule has 4 aromatic heterocycles. The Hall–Kier alpha value is -3.63. The zero-order chi connectivity index (χ0) is 30.5. The third kappa shape index (κ3) is 6.28. The van der Waals surface area contributed by atoms with Gasteiger partial charge in [-0.3, -0.25) is 0 Å². The zero-order valence-electron chi connectivity index (χ0n) is 26.5. The van der Waals surface area contributed by atoms with Gasteiger partial charge in [0.05, 0.1) is 5.58 Å². The van der Waals surface area contributed by atoms with Crippen molar-refractivity contribution in [3.63, 3.8) is 0 Å². The van der Waals surface area contributed by atoms with Gasteiger partial charge in [0.1, 0.15) is 5.58 Å². The molecule has 0 aliphatic heterocycles. The summed E-state index contributed by atoms with van der Waals surface area (Å²) in [7, 11) is 0. The van der Waals surface area contributed by atoms with Gasteiger partial charge in [0.2, 0.25) is 0 Å². The molecule has 0 fully saturated rings. The van der Waals surface area contributed by atoms with Gasteiger partial charge in [-0.15, -0.1) is 64.9 Å². The number of pyridine rings is 2. The Morgan fingerprint density at radius 2 is 1.50 bits per heavy atom. The van der Waals surface area contributed by atoms with Crippen molar-refractivity contribution in [1.29, 1.82) is 0 Å². The van der Waals surface area contributed by atoms with Crippen molar-refractivity contribution in [3.05, 3.63) is 118 Å². The van der Waals surface area contributed by atoms with E-state index < -0.39 is 0 Å². The first kappa shape index (κ1) is 31.8. The fourth-order valence-corrected chi connectivity index (χ4v) is 6.44. The smallest absolute Gasteiger partial charge is 0.121 e. The van der Waals surface area contributed by atoms with E-state index >= 15 is 0 Å². The van der Waals surface area contributed by atoms with E-state index in [9.17, 15) is 0 Å². The van der Waals surface area contributed by atoms with Crippen LogP contribution < -0.4 is 0 Å². The first-order valence-corrected chi connectivity index (χ1v) is 15.5. The van der Waals surface area contributed by atoms with Crippen LogP contribution in [0.15, 0.2) is 77.5 Å². The van der Waals surface area contributed by atoms with E-state index in [0.717, 1.165) is 44.5 Å². The summed E-state index contributed by atoms with van der Waals surface area (Å²) in [5.41, 5.74) is 12.0. The number of nitrogens with zero attached hydrogens (tertiary/aromatic N) is 2. The monoisotopic (exact) mass is 773 g/mol. The van der Waals surface area contributed by atoms with Gasteiger partial charge in [-0.25, -0.2) is 0 Å². The van der Waals surface area contributed by atoms with Gasteiger partial charge in [-0.05, 0) is 84.8 Å². The average Bonchev–Trinajstić information content (AvgIpc) is 3.52. The fraction of sp³-hybridized carbons (Fsp3) is 0.231. The molecule has 0 bridgehead atoms. The van der Waals surface area contributed by atoms with Gasteiger partial charge >= 0.3 is 0 Å². The SMILES string of the molecule is Cc1c[c-]c(-c2cc(C)c(C)cn2)cc1.Cc1cc2cc3oc4c(-c5cc(C(C)(C)C)c(C)cn5)[c-]ccc4c3cc2s1.[Ir]. The van der Waals surface area contributed by atoms with Crippen molar-refractivity contribution in [3.8, 4) is 22.5 Å². The molecular weight excluding hydrogens is 737 g/mol. The molecule has 0 saturated carbocycles. The molecule has 225 valence electrons. The maximum absolute atomic E-state index is 6.34. The maximum Gasteiger partial charge on any atom is 0.121 e. The molecule has 0 spiro atoms. The van der Waals surface area contributed by atoms with Gasteiger partial charge in [0.25, 0.3) is 0 Å². The largest absolute Gasteiger partial charge is 0.501 e. The van der Waals surface area contributed by atoms with E-state index in [-0.39, 0.29) is 25.5 Å². The predicted molar refractivity (Wildman–Crippen MR) is 182 cm³/mol. The van der Waals surface area contributed by atoms with Crippen molar-refractivity contribution in [2.24, 2.45) is 0 Å². The second-order valence-corrected chi connectivity index (χ2v) is 13.8. The molecule has 0 N–H and O–H groups in total. The van der Waals surface area contributed by atoms with E-state index in [4.69, 9.17) is 9.40 Å². The molecule has 4 heterocycles. The van der Waals surface area contributed by atoms with Crippen LogP contribution in [0.3, 0.4) is 0 Å². The van der Waals surface area contributed by atoms with Crippen LogP contribution in [-0.4, -0.2) is 9.97 Å². The van der Waals surface area contributed by atoms with Crippen LogP contribution in [0.4, 0.5) is 0 Å². The number of thiophene rings is 1. The summed E-state index contributed by atoms with van der Waals surface area (Å²) in [4.78, 5) is 10.4. The minimum absolute atomic E-state index is 0. The van der Waals surface area contributed by atoms with Crippen LogP contribution in [0.25, 0.3) is 54.5 Å². The van der Waals surface area contributed by atoms with Gasteiger partial charge in [0.15, 0.2) is 0 Å². The van der Waals surface area contributed by atoms with Crippen LogP contribution in [0, 0.1) is 46.8 Å². The van der Waals surface area contributed by atoms with E-state index in [1.165, 1.54) is 42.8 Å². The molecular formula is C39H36IrN2OS-2. The second kappa shape index (κ2) is 12.4. The number of benzene rings is 3. The van der Waals surface area contributed by atoms with E-state index in [1.807, 2.05) is 35.9 Å². The predicted octanol–water partition coefficient (Wildman–Crippen LogP) is 11.0. The van der Waals surface area contributed by atoms with E-state index in [2.05, 4.69) is 121 Å². The number of aromatic nitrogens is 2. The topological polar surface area (TPSA) is 38.9 Å². The fourth-order valence-electron chi connectivity index (χ4n) is 5.50. The Kier molecular flexibility index (Phi) is 8.96. The summed E-state index contributed by atoms with van der Waals surface area (Å²) < 4.78 is 7.64. The van der Waals surface area contributed by atoms with Crippen molar-refractivity contribution in [2.75, 3.05) is 0 Å². The van der Waals surface area contributed by atoms with E-state index in [0.29, 0.717) is 0 Å². The summed E-state index contributed by atoms with van der Waals surface area (Å²) >= 11 is 1.82. The standard InChI is InChI=1S/C25H22NOS.C14H14N.Ir/c1-14-13-26-21(12-20(14)25(3,4)5)18-8-6-7-17-19-11-23-16(9-15(2)28-23)10-22(19)27-24(17)18;1-10-4-6-13(7-5-10)14-8-11(2)12(3)9-15-14;/h6-7,9-13H,1-5H3;4-6,8-9H,1-3H3;/q2*-1;. The first-order valence-electron chi connectivity index (χ1n) is 14.6. The van der Waals surface area contributed by atoms with Crippen LogP contribution in [0.5, 0.6) is 0 Å². The van der Waals surface area contributed by atoms with Crippen molar-refractivity contribution >= 4 is 43.4 Å². The normalized spacial score (nSPS) is 11.5. The zero-order valence-corrected chi connectivity index (χ0v) is 29.7.